The fraction of sp³-hybridized carbons (Fsp3) is 0.222. The largest absolute Gasteiger partial charge is 0.409 e. The standard InChI is InChI=1S/C18H17F3/c1-14-5-9-16(10-6-14)17-11-7-15(8-12-17)4-2-3-13-18(19,20)21/h3,5-13H,2,4H2,1H3/b13-3+. The summed E-state index contributed by atoms with van der Waals surface area (Å²) in [6.45, 7) is 2.04. The minimum Gasteiger partial charge on any atom is -0.167 e. The predicted octanol–water partition coefficient (Wildman–Crippen LogP) is 5.71. The maximum absolute atomic E-state index is 12.0. The molecule has 0 fully saturated rings. The highest BCUT2D eigenvalue weighted by Gasteiger charge is 2.21. The number of alkyl halides is 3. The molecule has 21 heavy (non-hydrogen) atoms. The first-order valence-corrected chi connectivity index (χ1v) is 6.84. The van der Waals surface area contributed by atoms with Crippen molar-refractivity contribution < 1.29 is 13.2 Å². The van der Waals surface area contributed by atoms with Gasteiger partial charge in [-0.15, -0.1) is 0 Å². The second-order valence-corrected chi connectivity index (χ2v) is 5.05. The molecule has 0 saturated heterocycles. The molecule has 0 saturated carbocycles. The van der Waals surface area contributed by atoms with Crippen molar-refractivity contribution >= 4 is 0 Å². The van der Waals surface area contributed by atoms with Crippen LogP contribution in [0.25, 0.3) is 11.1 Å². The van der Waals surface area contributed by atoms with E-state index >= 15 is 0 Å². The summed E-state index contributed by atoms with van der Waals surface area (Å²) >= 11 is 0. The summed E-state index contributed by atoms with van der Waals surface area (Å²) in [6.07, 6.45) is -1.74. The summed E-state index contributed by atoms with van der Waals surface area (Å²) in [4.78, 5) is 0. The Morgan fingerprint density at radius 2 is 1.38 bits per heavy atom. The summed E-state index contributed by atoms with van der Waals surface area (Å²) in [5.74, 6) is 0. The Morgan fingerprint density at radius 3 is 1.90 bits per heavy atom. The number of rotatable bonds is 4. The van der Waals surface area contributed by atoms with Crippen LogP contribution in [0.15, 0.2) is 60.7 Å². The SMILES string of the molecule is Cc1ccc(-c2ccc(CC/C=C/C(F)(F)F)cc2)cc1. The molecule has 0 radical (unpaired) electrons. The van der Waals surface area contributed by atoms with Crippen LogP contribution in [-0.2, 0) is 6.42 Å². The number of hydrogen-bond acceptors (Lipinski definition) is 0. The minimum atomic E-state index is -4.21. The molecular weight excluding hydrogens is 273 g/mol. The van der Waals surface area contributed by atoms with Crippen LogP contribution in [0.3, 0.4) is 0 Å². The third kappa shape index (κ3) is 5.10. The van der Waals surface area contributed by atoms with Crippen molar-refractivity contribution in [1.29, 1.82) is 0 Å². The lowest BCUT2D eigenvalue weighted by Crippen LogP contribution is -2.00. The number of aryl methyl sites for hydroxylation is 2. The van der Waals surface area contributed by atoms with E-state index in [1.54, 1.807) is 0 Å². The molecule has 0 N–H and O–H groups in total. The summed E-state index contributed by atoms with van der Waals surface area (Å²) < 4.78 is 35.9. The van der Waals surface area contributed by atoms with Crippen molar-refractivity contribution in [3.8, 4) is 11.1 Å². The highest BCUT2D eigenvalue weighted by Crippen LogP contribution is 2.21. The van der Waals surface area contributed by atoms with Gasteiger partial charge in [-0.05, 0) is 36.5 Å². The Bertz CT molecular complexity index is 590. The molecule has 0 unspecified atom stereocenters. The van der Waals surface area contributed by atoms with Crippen molar-refractivity contribution in [3.63, 3.8) is 0 Å². The van der Waals surface area contributed by atoms with Crippen molar-refractivity contribution in [2.45, 2.75) is 25.9 Å². The van der Waals surface area contributed by atoms with E-state index in [1.807, 2.05) is 31.2 Å². The van der Waals surface area contributed by atoms with Crippen molar-refractivity contribution in [2.24, 2.45) is 0 Å². The zero-order chi connectivity index (χ0) is 15.3. The van der Waals surface area contributed by atoms with Gasteiger partial charge >= 0.3 is 6.18 Å². The molecule has 2 rings (SSSR count). The number of halogens is 3. The van der Waals surface area contributed by atoms with Crippen LogP contribution in [0.5, 0.6) is 0 Å². The molecular formula is C18H17F3. The van der Waals surface area contributed by atoms with E-state index in [2.05, 4.69) is 24.3 Å². The smallest absolute Gasteiger partial charge is 0.167 e. The molecule has 0 aliphatic rings. The van der Waals surface area contributed by atoms with Crippen molar-refractivity contribution in [3.05, 3.63) is 71.8 Å². The topological polar surface area (TPSA) is 0 Å². The zero-order valence-corrected chi connectivity index (χ0v) is 11.8. The molecule has 0 spiro atoms. The minimum absolute atomic E-state index is 0.299. The second kappa shape index (κ2) is 6.61. The predicted molar refractivity (Wildman–Crippen MR) is 80.1 cm³/mol. The maximum atomic E-state index is 12.0. The molecule has 3 heteroatoms. The van der Waals surface area contributed by atoms with Crippen LogP contribution in [0, 0.1) is 6.92 Å². The summed E-state index contributed by atoms with van der Waals surface area (Å²) in [5.41, 5.74) is 4.51. The van der Waals surface area contributed by atoms with Crippen LogP contribution in [-0.4, -0.2) is 6.18 Å². The number of hydrogen-bond donors (Lipinski definition) is 0. The molecule has 2 aromatic carbocycles. The zero-order valence-electron chi connectivity index (χ0n) is 11.8. The van der Waals surface area contributed by atoms with Gasteiger partial charge in [0.25, 0.3) is 0 Å². The van der Waals surface area contributed by atoms with Crippen LogP contribution < -0.4 is 0 Å². The molecule has 0 heterocycles. The number of benzene rings is 2. The van der Waals surface area contributed by atoms with Crippen LogP contribution in [0.2, 0.25) is 0 Å². The first-order valence-electron chi connectivity index (χ1n) is 6.84. The second-order valence-electron chi connectivity index (χ2n) is 5.05. The van der Waals surface area contributed by atoms with Gasteiger partial charge in [0.05, 0.1) is 0 Å². The van der Waals surface area contributed by atoms with E-state index in [9.17, 15) is 13.2 Å². The monoisotopic (exact) mass is 290 g/mol. The lowest BCUT2D eigenvalue weighted by molar-refractivity contribution is -0.0800. The molecule has 0 atom stereocenters. The Labute approximate surface area is 122 Å². The Kier molecular flexibility index (Phi) is 4.84. The lowest BCUT2D eigenvalue weighted by Gasteiger charge is -2.04. The van der Waals surface area contributed by atoms with Crippen LogP contribution in [0.4, 0.5) is 13.2 Å². The Balaban J connectivity index is 1.96. The molecule has 0 amide bonds. The summed E-state index contributed by atoms with van der Waals surface area (Å²) in [5, 5.41) is 0. The molecule has 0 nitrogen and oxygen atoms in total. The van der Waals surface area contributed by atoms with Gasteiger partial charge in [-0.25, -0.2) is 0 Å². The van der Waals surface area contributed by atoms with Crippen molar-refractivity contribution in [2.75, 3.05) is 0 Å². The van der Waals surface area contributed by atoms with E-state index in [0.29, 0.717) is 18.9 Å². The van der Waals surface area contributed by atoms with Gasteiger partial charge in [-0.1, -0.05) is 60.2 Å². The van der Waals surface area contributed by atoms with Gasteiger partial charge in [0.2, 0.25) is 0 Å². The molecule has 0 bridgehead atoms. The van der Waals surface area contributed by atoms with E-state index in [-0.39, 0.29) is 0 Å². The highest BCUT2D eigenvalue weighted by molar-refractivity contribution is 5.63. The van der Waals surface area contributed by atoms with Gasteiger partial charge < -0.3 is 0 Å². The van der Waals surface area contributed by atoms with Gasteiger partial charge in [-0.2, -0.15) is 13.2 Å². The molecule has 0 aromatic heterocycles. The van der Waals surface area contributed by atoms with Crippen LogP contribution >= 0.6 is 0 Å². The first kappa shape index (κ1) is 15.4. The summed E-state index contributed by atoms with van der Waals surface area (Å²) in [6, 6.07) is 16.2. The Morgan fingerprint density at radius 1 is 0.857 bits per heavy atom. The third-order valence-corrected chi connectivity index (χ3v) is 3.25. The lowest BCUT2D eigenvalue weighted by atomic mass is 10.0. The van der Waals surface area contributed by atoms with Gasteiger partial charge in [-0.3, -0.25) is 0 Å². The third-order valence-electron chi connectivity index (χ3n) is 3.25. The van der Waals surface area contributed by atoms with E-state index in [4.69, 9.17) is 0 Å². The van der Waals surface area contributed by atoms with Gasteiger partial charge in [0.1, 0.15) is 0 Å². The Hall–Kier alpha value is -2.03. The summed E-state index contributed by atoms with van der Waals surface area (Å²) in [7, 11) is 0. The van der Waals surface area contributed by atoms with Gasteiger partial charge in [0.15, 0.2) is 0 Å². The molecule has 2 aromatic rings. The quantitative estimate of drug-likeness (QED) is 0.632. The van der Waals surface area contributed by atoms with E-state index in [1.165, 1.54) is 11.6 Å². The van der Waals surface area contributed by atoms with Crippen molar-refractivity contribution in [1.82, 2.24) is 0 Å². The molecule has 110 valence electrons. The fourth-order valence-corrected chi connectivity index (χ4v) is 2.08. The molecule has 0 aliphatic carbocycles. The van der Waals surface area contributed by atoms with Crippen LogP contribution in [0.1, 0.15) is 17.5 Å². The normalized spacial score (nSPS) is 12.0. The highest BCUT2D eigenvalue weighted by atomic mass is 19.4. The average molecular weight is 290 g/mol. The molecule has 0 aliphatic heterocycles. The van der Waals surface area contributed by atoms with Gasteiger partial charge in [0, 0.05) is 6.08 Å². The first-order chi connectivity index (χ1) is 9.94. The van der Waals surface area contributed by atoms with E-state index < -0.39 is 6.18 Å². The maximum Gasteiger partial charge on any atom is 0.409 e. The average Bonchev–Trinajstić information content (AvgIpc) is 2.44. The van der Waals surface area contributed by atoms with E-state index in [0.717, 1.165) is 16.7 Å². The number of allylic oxidation sites excluding steroid dienone is 2. The fourth-order valence-electron chi connectivity index (χ4n) is 2.08.